The fourth-order valence-electron chi connectivity index (χ4n) is 1.51. The molecule has 0 aliphatic heterocycles. The van der Waals surface area contributed by atoms with Gasteiger partial charge in [0.1, 0.15) is 5.82 Å². The van der Waals surface area contributed by atoms with E-state index < -0.39 is 0 Å². The van der Waals surface area contributed by atoms with E-state index in [0.717, 1.165) is 16.7 Å². The van der Waals surface area contributed by atoms with Crippen molar-refractivity contribution in [1.29, 1.82) is 0 Å². The van der Waals surface area contributed by atoms with Crippen LogP contribution in [0.5, 0.6) is 0 Å². The van der Waals surface area contributed by atoms with Crippen LogP contribution in [0.1, 0.15) is 5.56 Å². The van der Waals surface area contributed by atoms with Crippen LogP contribution >= 0.6 is 13.6 Å². The van der Waals surface area contributed by atoms with Crippen molar-refractivity contribution in [3.8, 4) is 11.1 Å². The molecule has 3 heteroatoms. The molecule has 0 aliphatic carbocycles. The van der Waals surface area contributed by atoms with Gasteiger partial charge in [-0.05, 0) is 19.1 Å². The van der Waals surface area contributed by atoms with E-state index in [0.29, 0.717) is 0 Å². The Labute approximate surface area is 112 Å². The number of hydrogen-bond acceptors (Lipinski definition) is 0. The zero-order chi connectivity index (χ0) is 12.0. The first-order valence-corrected chi connectivity index (χ1v) is 11.7. The number of halogens is 2. The topological polar surface area (TPSA) is 0 Å². The summed E-state index contributed by atoms with van der Waals surface area (Å²) in [7, 11) is 0. The SMILES string of the molecule is Cc1cc(F)ccc1-c1c[c-]ccc1.[Zn+][Br]. The molecule has 0 N–H and O–H groups in total. The average molecular weight is 331 g/mol. The maximum atomic E-state index is 12.9. The van der Waals surface area contributed by atoms with E-state index in [-0.39, 0.29) is 5.82 Å². The molecule has 0 unspecified atom stereocenters. The van der Waals surface area contributed by atoms with Crippen LogP contribution in [0.4, 0.5) is 4.39 Å². The summed E-state index contributed by atoms with van der Waals surface area (Å²) in [5.41, 5.74) is 3.08. The first kappa shape index (κ1) is 13.5. The molecular formula is C13H10BrFZn. The standard InChI is InChI=1S/C13H10F.BrH.Zn/c1-10-9-12(14)7-8-13(10)11-5-3-2-4-6-11;;/h2-3,5-9H,1H3;1H;/q-1;;+2/p-1. The number of benzene rings is 2. The molecular weight excluding hydrogens is 320 g/mol. The summed E-state index contributed by atoms with van der Waals surface area (Å²) >= 11 is 4.25. The Morgan fingerprint density at radius 3 is 2.56 bits per heavy atom. The Hall–Kier alpha value is -0.527. The molecule has 0 atom stereocenters. The third-order valence-corrected chi connectivity index (χ3v) is 2.21. The Balaban J connectivity index is 0.000000606. The van der Waals surface area contributed by atoms with Crippen LogP contribution in [0.15, 0.2) is 42.5 Å². The number of aryl methyl sites for hydroxylation is 1. The minimum absolute atomic E-state index is 0.189. The van der Waals surface area contributed by atoms with Gasteiger partial charge < -0.3 is 0 Å². The van der Waals surface area contributed by atoms with Crippen molar-refractivity contribution in [2.75, 3.05) is 0 Å². The average Bonchev–Trinajstić information content (AvgIpc) is 2.33. The van der Waals surface area contributed by atoms with Crippen LogP contribution in [-0.4, -0.2) is 0 Å². The quantitative estimate of drug-likeness (QED) is 0.535. The molecule has 0 radical (unpaired) electrons. The third-order valence-electron chi connectivity index (χ3n) is 2.21. The Kier molecular flexibility index (Phi) is 5.86. The van der Waals surface area contributed by atoms with Gasteiger partial charge in [0.2, 0.25) is 0 Å². The second-order valence-corrected chi connectivity index (χ2v) is 3.25. The molecule has 78 valence electrons. The molecule has 0 heterocycles. The van der Waals surface area contributed by atoms with Crippen molar-refractivity contribution in [1.82, 2.24) is 0 Å². The first-order chi connectivity index (χ1) is 7.77. The first-order valence-electron chi connectivity index (χ1n) is 4.77. The van der Waals surface area contributed by atoms with Crippen molar-refractivity contribution in [3.63, 3.8) is 0 Å². The molecule has 0 fully saturated rings. The van der Waals surface area contributed by atoms with Gasteiger partial charge in [-0.15, -0.1) is 5.56 Å². The Bertz CT molecular complexity index is 443. The van der Waals surface area contributed by atoms with Gasteiger partial charge in [0.25, 0.3) is 0 Å². The molecule has 0 saturated heterocycles. The van der Waals surface area contributed by atoms with Gasteiger partial charge in [0.15, 0.2) is 0 Å². The van der Waals surface area contributed by atoms with Gasteiger partial charge in [0.05, 0.1) is 0 Å². The predicted molar refractivity (Wildman–Crippen MR) is 64.3 cm³/mol. The van der Waals surface area contributed by atoms with Crippen LogP contribution < -0.4 is 0 Å². The van der Waals surface area contributed by atoms with Crippen molar-refractivity contribution in [2.45, 2.75) is 6.92 Å². The predicted octanol–water partition coefficient (Wildman–Crippen LogP) is 4.44. The van der Waals surface area contributed by atoms with E-state index in [1.165, 1.54) is 22.4 Å². The summed E-state index contributed by atoms with van der Waals surface area (Å²) in [6, 6.07) is 15.5. The Morgan fingerprint density at radius 1 is 1.25 bits per heavy atom. The molecule has 2 aromatic rings. The number of rotatable bonds is 1. The van der Waals surface area contributed by atoms with Crippen molar-refractivity contribution >= 4 is 13.6 Å². The van der Waals surface area contributed by atoms with E-state index in [1.807, 2.05) is 31.2 Å². The summed E-state index contributed by atoms with van der Waals surface area (Å²) in [5, 5.41) is 0. The van der Waals surface area contributed by atoms with Gasteiger partial charge in [-0.25, -0.2) is 4.39 Å². The summed E-state index contributed by atoms with van der Waals surface area (Å²) in [5.74, 6) is -0.189. The number of hydrogen-bond donors (Lipinski definition) is 0. The van der Waals surface area contributed by atoms with Crippen LogP contribution in [-0.2, 0) is 16.3 Å². The van der Waals surface area contributed by atoms with Crippen LogP contribution in [0.25, 0.3) is 11.1 Å². The molecule has 0 bridgehead atoms. The fourth-order valence-corrected chi connectivity index (χ4v) is 1.51. The molecule has 2 aromatic carbocycles. The summed E-state index contributed by atoms with van der Waals surface area (Å²) in [6.45, 7) is 1.91. The normalized spacial score (nSPS) is 9.31. The van der Waals surface area contributed by atoms with Gasteiger partial charge in [0, 0.05) is 0 Å². The van der Waals surface area contributed by atoms with E-state index in [9.17, 15) is 4.39 Å². The van der Waals surface area contributed by atoms with Crippen LogP contribution in [0.2, 0.25) is 0 Å². The van der Waals surface area contributed by atoms with Crippen molar-refractivity contribution in [3.05, 3.63) is 59.9 Å². The van der Waals surface area contributed by atoms with Crippen molar-refractivity contribution < 1.29 is 20.7 Å². The summed E-state index contributed by atoms with van der Waals surface area (Å²) in [4.78, 5) is 0. The van der Waals surface area contributed by atoms with Crippen LogP contribution in [0.3, 0.4) is 0 Å². The molecule has 0 amide bonds. The monoisotopic (exact) mass is 328 g/mol. The second-order valence-electron chi connectivity index (χ2n) is 3.25. The van der Waals surface area contributed by atoms with E-state index >= 15 is 0 Å². The molecule has 0 aliphatic rings. The molecule has 16 heavy (non-hydrogen) atoms. The third kappa shape index (κ3) is 3.50. The van der Waals surface area contributed by atoms with E-state index in [1.54, 1.807) is 12.1 Å². The second kappa shape index (κ2) is 6.93. The minimum atomic E-state index is -0.189. The molecule has 0 spiro atoms. The Morgan fingerprint density at radius 2 is 2.00 bits per heavy atom. The molecule has 0 saturated carbocycles. The summed E-state index contributed by atoms with van der Waals surface area (Å²) in [6.07, 6.45) is 0. The van der Waals surface area contributed by atoms with Crippen molar-refractivity contribution in [2.24, 2.45) is 0 Å². The molecule has 2 rings (SSSR count). The molecule has 0 nitrogen and oxygen atoms in total. The van der Waals surface area contributed by atoms with Gasteiger partial charge >= 0.3 is 30.0 Å². The fraction of sp³-hybridized carbons (Fsp3) is 0.0769. The molecule has 0 aromatic heterocycles. The van der Waals surface area contributed by atoms with E-state index in [4.69, 9.17) is 0 Å². The van der Waals surface area contributed by atoms with Crippen LogP contribution in [0, 0.1) is 18.8 Å². The van der Waals surface area contributed by atoms with E-state index in [2.05, 4.69) is 19.7 Å². The maximum absolute atomic E-state index is 12.9. The van der Waals surface area contributed by atoms with Gasteiger partial charge in [-0.3, -0.25) is 0 Å². The van der Waals surface area contributed by atoms with Gasteiger partial charge in [-0.2, -0.15) is 30.3 Å². The van der Waals surface area contributed by atoms with Gasteiger partial charge in [-0.1, -0.05) is 17.2 Å². The zero-order valence-corrected chi connectivity index (χ0v) is 13.6. The summed E-state index contributed by atoms with van der Waals surface area (Å²) < 4.78 is 12.9. The zero-order valence-electron chi connectivity index (χ0n) is 9.00.